The van der Waals surface area contributed by atoms with Gasteiger partial charge >= 0.3 is 0 Å². The van der Waals surface area contributed by atoms with Crippen LogP contribution in [0.4, 0.5) is 0 Å². The van der Waals surface area contributed by atoms with Crippen LogP contribution in [0.25, 0.3) is 0 Å². The minimum Gasteiger partial charge on any atom is -0.317 e. The van der Waals surface area contributed by atoms with Gasteiger partial charge in [-0.3, -0.25) is 0 Å². The van der Waals surface area contributed by atoms with Crippen LogP contribution in [0.5, 0.6) is 0 Å². The average molecular weight is 245 g/mol. The van der Waals surface area contributed by atoms with Crippen molar-refractivity contribution in [3.8, 4) is 0 Å². The maximum atomic E-state index is 5.46. The number of nitrogens with two attached hydrogens (primary N) is 1. The lowest BCUT2D eigenvalue weighted by atomic mass is 10.8. The Morgan fingerprint density at radius 2 is 1.44 bits per heavy atom. The van der Waals surface area contributed by atoms with Crippen molar-refractivity contribution in [3.63, 3.8) is 0 Å². The maximum absolute atomic E-state index is 5.46. The number of hydrogen-bond donors (Lipinski definition) is 1. The molecule has 0 aromatic carbocycles. The smallest absolute Gasteiger partial charge is 0.106 e. The Morgan fingerprint density at radius 3 is 1.56 bits per heavy atom. The molecule has 0 aliphatic heterocycles. The first-order valence-corrected chi connectivity index (χ1v) is 6.95. The summed E-state index contributed by atoms with van der Waals surface area (Å²) in [5, 5.41) is -0.225. The van der Waals surface area contributed by atoms with Gasteiger partial charge in [0.15, 0.2) is 0 Å². The van der Waals surface area contributed by atoms with Crippen molar-refractivity contribution in [2.24, 2.45) is 5.73 Å². The Kier molecular flexibility index (Phi) is 7.96. The monoisotopic (exact) mass is 243 g/mol. The first kappa shape index (κ1) is 10.9. The molecular weight excluding hydrogens is 241 g/mol. The molecule has 1 atom stereocenters. The minimum atomic E-state index is -0.225. The Hall–Kier alpha value is 1.88. The van der Waals surface area contributed by atoms with Crippen LogP contribution in [-0.4, -0.2) is 9.96 Å². The zero-order chi connectivity index (χ0) is 7.28. The van der Waals surface area contributed by atoms with Crippen molar-refractivity contribution < 1.29 is 0 Å². The molecule has 0 aromatic heterocycles. The van der Waals surface area contributed by atoms with Crippen molar-refractivity contribution in [2.75, 3.05) is 0 Å². The van der Waals surface area contributed by atoms with Gasteiger partial charge in [-0.15, -0.1) is 0 Å². The number of halogens is 3. The van der Waals surface area contributed by atoms with Crippen LogP contribution in [0.3, 0.4) is 0 Å². The van der Waals surface area contributed by atoms with Crippen LogP contribution in [0.15, 0.2) is 0 Å². The lowest BCUT2D eigenvalue weighted by molar-refractivity contribution is 1.04. The van der Waals surface area contributed by atoms with E-state index in [0.717, 1.165) is 32.9 Å². The van der Waals surface area contributed by atoms with E-state index in [1.165, 1.54) is 0 Å². The molecule has 0 rings (SSSR count). The first-order valence-electron chi connectivity index (χ1n) is 1.84. The fourth-order valence-corrected chi connectivity index (χ4v) is 3.92. The molecule has 0 saturated carbocycles. The normalized spacial score (nSPS) is 14.3. The van der Waals surface area contributed by atoms with Gasteiger partial charge in [0.05, 0.1) is 5.37 Å². The third-order valence-corrected chi connectivity index (χ3v) is 5.29. The molecule has 0 saturated heterocycles. The van der Waals surface area contributed by atoms with Crippen molar-refractivity contribution in [1.82, 2.24) is 0 Å². The van der Waals surface area contributed by atoms with Crippen LogP contribution in [0.2, 0.25) is 0 Å². The predicted molar refractivity (Wildman–Crippen MR) is 52.1 cm³/mol. The summed E-state index contributed by atoms with van der Waals surface area (Å²) in [6.07, 6.45) is 0. The van der Waals surface area contributed by atoms with Crippen LogP contribution in [0.1, 0.15) is 0 Å². The standard InChI is InChI=1S/C2H4Cl3NS3/c3-7-1(6)2(8-4)9-5/h1-2H,6H2. The van der Waals surface area contributed by atoms with E-state index in [9.17, 15) is 0 Å². The fourth-order valence-electron chi connectivity index (χ4n) is 0.157. The van der Waals surface area contributed by atoms with E-state index in [-0.39, 0.29) is 9.96 Å². The minimum absolute atomic E-state index is 0.0594. The molecule has 0 radical (unpaired) electrons. The van der Waals surface area contributed by atoms with E-state index in [2.05, 4.69) is 0 Å². The molecule has 0 bridgehead atoms. The zero-order valence-corrected chi connectivity index (χ0v) is 8.81. The van der Waals surface area contributed by atoms with E-state index in [1.54, 1.807) is 0 Å². The van der Waals surface area contributed by atoms with Gasteiger partial charge in [0.2, 0.25) is 0 Å². The summed E-state index contributed by atoms with van der Waals surface area (Å²) < 4.78 is -0.0594. The highest BCUT2D eigenvalue weighted by atomic mass is 35.7. The third kappa shape index (κ3) is 4.35. The maximum Gasteiger partial charge on any atom is 0.106 e. The second-order valence-electron chi connectivity index (χ2n) is 1.10. The Labute approximate surface area is 80.2 Å². The zero-order valence-electron chi connectivity index (χ0n) is 4.09. The van der Waals surface area contributed by atoms with Crippen LogP contribution < -0.4 is 5.73 Å². The molecule has 2 N–H and O–H groups in total. The van der Waals surface area contributed by atoms with Gasteiger partial charge in [0, 0.05) is 0 Å². The summed E-state index contributed by atoms with van der Waals surface area (Å²) in [5.41, 5.74) is 5.46. The van der Waals surface area contributed by atoms with E-state index >= 15 is 0 Å². The summed E-state index contributed by atoms with van der Waals surface area (Å²) >= 11 is 0. The fraction of sp³-hybridized carbons (Fsp3) is 1.00. The number of hydrogen-bond acceptors (Lipinski definition) is 4. The molecule has 0 aromatic rings. The lowest BCUT2D eigenvalue weighted by Gasteiger charge is -2.12. The second kappa shape index (κ2) is 6.58. The summed E-state index contributed by atoms with van der Waals surface area (Å²) in [4.78, 5) is 0. The van der Waals surface area contributed by atoms with E-state index in [0.29, 0.717) is 0 Å². The summed E-state index contributed by atoms with van der Waals surface area (Å²) in [7, 11) is 19.3. The second-order valence-corrected chi connectivity index (χ2v) is 5.10. The Morgan fingerprint density at radius 1 is 1.00 bits per heavy atom. The van der Waals surface area contributed by atoms with Gasteiger partial charge in [-0.25, -0.2) is 0 Å². The molecule has 56 valence electrons. The van der Waals surface area contributed by atoms with E-state index in [4.69, 9.17) is 37.8 Å². The summed E-state index contributed by atoms with van der Waals surface area (Å²) in [6, 6.07) is 0. The molecule has 0 spiro atoms. The van der Waals surface area contributed by atoms with Crippen LogP contribution in [-0.2, 0) is 0 Å². The van der Waals surface area contributed by atoms with Gasteiger partial charge in [0.1, 0.15) is 4.58 Å². The molecule has 0 aliphatic carbocycles. The topological polar surface area (TPSA) is 26.0 Å². The van der Waals surface area contributed by atoms with Crippen molar-refractivity contribution >= 4 is 65.0 Å². The van der Waals surface area contributed by atoms with Crippen molar-refractivity contribution in [3.05, 3.63) is 0 Å². The molecule has 0 amide bonds. The molecule has 1 nitrogen and oxygen atoms in total. The van der Waals surface area contributed by atoms with Crippen molar-refractivity contribution in [1.29, 1.82) is 0 Å². The molecule has 0 fully saturated rings. The average Bonchev–Trinajstić information content (AvgIpc) is 1.90. The molecule has 0 heterocycles. The lowest BCUT2D eigenvalue weighted by Crippen LogP contribution is -2.23. The van der Waals surface area contributed by atoms with Gasteiger partial charge in [-0.1, -0.05) is 0 Å². The molecule has 9 heavy (non-hydrogen) atoms. The van der Waals surface area contributed by atoms with Crippen molar-refractivity contribution in [2.45, 2.75) is 9.96 Å². The highest BCUT2D eigenvalue weighted by molar-refractivity contribution is 8.37. The highest BCUT2D eigenvalue weighted by Gasteiger charge is 2.17. The van der Waals surface area contributed by atoms with Gasteiger partial charge in [-0.05, 0) is 65.0 Å². The largest absolute Gasteiger partial charge is 0.317 e. The first-order chi connectivity index (χ1) is 4.26. The Bertz CT molecular complexity index is 70.1. The van der Waals surface area contributed by atoms with E-state index < -0.39 is 0 Å². The van der Waals surface area contributed by atoms with Gasteiger partial charge in [-0.2, -0.15) is 0 Å². The van der Waals surface area contributed by atoms with E-state index in [1.807, 2.05) is 0 Å². The Balaban J connectivity index is 3.50. The number of rotatable bonds is 4. The molecular formula is C2H4Cl3NS3. The highest BCUT2D eigenvalue weighted by Crippen LogP contribution is 2.36. The molecule has 0 aliphatic rings. The SMILES string of the molecule is NC(SCl)C(SCl)SCl. The summed E-state index contributed by atoms with van der Waals surface area (Å²) in [5.74, 6) is 0. The van der Waals surface area contributed by atoms with Crippen LogP contribution in [0, 0.1) is 0 Å². The third-order valence-electron chi connectivity index (χ3n) is 0.547. The predicted octanol–water partition coefficient (Wildman–Crippen LogP) is 3.26. The molecule has 7 heteroatoms. The van der Waals surface area contributed by atoms with Gasteiger partial charge < -0.3 is 5.73 Å². The quantitative estimate of drug-likeness (QED) is 0.768. The van der Waals surface area contributed by atoms with Crippen LogP contribution >= 0.6 is 65.0 Å². The molecule has 1 unspecified atom stereocenters. The van der Waals surface area contributed by atoms with Gasteiger partial charge in [0.25, 0.3) is 0 Å². The summed E-state index contributed by atoms with van der Waals surface area (Å²) in [6.45, 7) is 0.